The monoisotopic (exact) mass is 952 g/mol. The molecule has 13 nitrogen and oxygen atoms in total. The number of nitrogens with zero attached hydrogens (tertiary/aromatic N) is 3. The molecule has 0 saturated heterocycles. The number of hydrogen-bond donors (Lipinski definition) is 2. The minimum Gasteiger partial charge on any atom is -0.459 e. The number of carbonyl (C=O) groups excluding carboxylic acids is 1. The van der Waals surface area contributed by atoms with Crippen molar-refractivity contribution in [2.75, 3.05) is 33.5 Å². The number of aliphatic hydroxyl groups excluding tert-OH is 2. The van der Waals surface area contributed by atoms with Crippen LogP contribution in [0.1, 0.15) is 144 Å². The molecule has 0 unspecified atom stereocenters. The van der Waals surface area contributed by atoms with Gasteiger partial charge in [-0.3, -0.25) is 10.1 Å². The lowest BCUT2D eigenvalue weighted by atomic mass is 9.55. The molecule has 1 aliphatic heterocycles. The van der Waals surface area contributed by atoms with Crippen molar-refractivity contribution in [2.24, 2.45) is 22.9 Å². The van der Waals surface area contributed by atoms with Crippen LogP contribution < -0.4 is 9.47 Å². The molecular formula is C56H77N3O10. The number of hydrogen-bond acceptors (Lipinski definition) is 11. The standard InChI is InChI=1S/C56H77N3O10/c1-6-8-9-10-11-12-13-14-15-20-34-65-55(62)58(5)52-38-50(57-67-39-42-24-26-44(27-25-42)59(63)64)48-36-43(21-16-18-31-60)47(22-17-19-32-61)53-49-37-46(68-45-28-23-40(3)41(4)35-45)29-30-51(49)69-56(52,54(48)53)66-33-7-2/h7,23-30,35-37,43,47,52-54,60-61H,2,6,8-22,31-34,38-39H2,1,3-5H3/t43-,47+,52-,53+,54+,56+/m0/s1. The molecule has 376 valence electrons. The summed E-state index contributed by atoms with van der Waals surface area (Å²) in [5.74, 6) is -0.0964. The lowest BCUT2D eigenvalue weighted by Gasteiger charge is -2.59. The first-order valence-corrected chi connectivity index (χ1v) is 25.6. The lowest BCUT2D eigenvalue weighted by molar-refractivity contribution is -0.384. The van der Waals surface area contributed by atoms with Gasteiger partial charge in [0.15, 0.2) is 0 Å². The number of nitro benzene ring substituents is 1. The van der Waals surface area contributed by atoms with E-state index in [-0.39, 0.29) is 56.3 Å². The highest BCUT2D eigenvalue weighted by atomic mass is 16.7. The molecule has 2 N–H and O–H groups in total. The second kappa shape index (κ2) is 26.7. The van der Waals surface area contributed by atoms with Crippen molar-refractivity contribution in [1.29, 1.82) is 0 Å². The summed E-state index contributed by atoms with van der Waals surface area (Å²) in [5.41, 5.74) is 5.47. The maximum absolute atomic E-state index is 14.3. The fourth-order valence-electron chi connectivity index (χ4n) is 10.6. The number of fused-ring (bicyclic) bond motifs is 2. The van der Waals surface area contributed by atoms with Gasteiger partial charge in [0.05, 0.1) is 29.8 Å². The predicted octanol–water partition coefficient (Wildman–Crippen LogP) is 12.8. The fourth-order valence-corrected chi connectivity index (χ4v) is 10.6. The number of amides is 1. The summed E-state index contributed by atoms with van der Waals surface area (Å²) >= 11 is 0. The molecule has 1 fully saturated rings. The zero-order valence-corrected chi connectivity index (χ0v) is 41.6. The highest BCUT2D eigenvalue weighted by Crippen LogP contribution is 2.62. The number of aliphatic hydroxyl groups is 2. The molecule has 6 rings (SSSR count). The Balaban J connectivity index is 1.40. The van der Waals surface area contributed by atoms with E-state index in [2.05, 4.69) is 45.6 Å². The van der Waals surface area contributed by atoms with E-state index in [1.54, 1.807) is 30.2 Å². The van der Waals surface area contributed by atoms with Gasteiger partial charge in [-0.05, 0) is 123 Å². The van der Waals surface area contributed by atoms with Gasteiger partial charge in [0.1, 0.15) is 29.9 Å². The first kappa shape index (κ1) is 53.1. The molecule has 3 aromatic rings. The molecule has 1 amide bonds. The average molecular weight is 952 g/mol. The maximum Gasteiger partial charge on any atom is 0.409 e. The number of aryl methyl sites for hydroxylation is 2. The second-order valence-corrected chi connectivity index (χ2v) is 19.2. The molecule has 3 aromatic carbocycles. The van der Waals surface area contributed by atoms with Gasteiger partial charge in [-0.2, -0.15) is 0 Å². The van der Waals surface area contributed by atoms with Gasteiger partial charge in [-0.25, -0.2) is 4.79 Å². The lowest BCUT2D eigenvalue weighted by Crippen LogP contribution is -2.69. The van der Waals surface area contributed by atoms with Crippen molar-refractivity contribution in [1.82, 2.24) is 4.90 Å². The van der Waals surface area contributed by atoms with Crippen LogP contribution in [-0.4, -0.2) is 77.1 Å². The Labute approximate surface area is 410 Å². The van der Waals surface area contributed by atoms with Crippen molar-refractivity contribution in [3.63, 3.8) is 0 Å². The van der Waals surface area contributed by atoms with Gasteiger partial charge in [-0.1, -0.05) is 101 Å². The van der Waals surface area contributed by atoms with Gasteiger partial charge in [-0.15, -0.1) is 6.58 Å². The zero-order valence-electron chi connectivity index (χ0n) is 41.6. The van der Waals surface area contributed by atoms with Crippen LogP contribution in [0.2, 0.25) is 0 Å². The number of carbonyl (C=O) groups is 1. The normalized spacial score (nSPS) is 21.9. The topological polar surface area (TPSA) is 162 Å². The van der Waals surface area contributed by atoms with E-state index in [0.717, 1.165) is 67.4 Å². The Hall–Kier alpha value is -5.24. The predicted molar refractivity (Wildman–Crippen MR) is 270 cm³/mol. The molecule has 1 heterocycles. The van der Waals surface area contributed by atoms with Crippen molar-refractivity contribution in [3.8, 4) is 17.2 Å². The van der Waals surface area contributed by atoms with Crippen molar-refractivity contribution in [2.45, 2.75) is 154 Å². The van der Waals surface area contributed by atoms with Gasteiger partial charge in [0.2, 0.25) is 5.79 Å². The van der Waals surface area contributed by atoms with Crippen LogP contribution in [0.4, 0.5) is 10.5 Å². The number of likely N-dealkylation sites (N-methyl/N-ethyl adjacent to an activating group) is 1. The van der Waals surface area contributed by atoms with E-state index >= 15 is 0 Å². The summed E-state index contributed by atoms with van der Waals surface area (Å²) in [6.45, 7) is 11.1. The Kier molecular flexibility index (Phi) is 20.5. The molecule has 2 aliphatic carbocycles. The highest BCUT2D eigenvalue weighted by molar-refractivity contribution is 6.03. The van der Waals surface area contributed by atoms with Crippen LogP contribution in [0, 0.1) is 41.7 Å². The molecule has 0 aromatic heterocycles. The Morgan fingerprint density at radius 1 is 0.884 bits per heavy atom. The van der Waals surface area contributed by atoms with Crippen molar-refractivity contribution in [3.05, 3.63) is 117 Å². The van der Waals surface area contributed by atoms with E-state index in [4.69, 9.17) is 28.9 Å². The van der Waals surface area contributed by atoms with Crippen LogP contribution in [0.5, 0.6) is 17.2 Å². The third kappa shape index (κ3) is 13.8. The molecule has 13 heteroatoms. The third-order valence-electron chi connectivity index (χ3n) is 14.4. The summed E-state index contributed by atoms with van der Waals surface area (Å²) in [7, 11) is 1.74. The van der Waals surface area contributed by atoms with Crippen LogP contribution >= 0.6 is 0 Å². The van der Waals surface area contributed by atoms with Gasteiger partial charge in [0, 0.05) is 50.3 Å². The summed E-state index contributed by atoms with van der Waals surface area (Å²) in [5, 5.41) is 36.2. The summed E-state index contributed by atoms with van der Waals surface area (Å²) in [6, 6.07) is 17.5. The van der Waals surface area contributed by atoms with Gasteiger partial charge >= 0.3 is 6.09 Å². The summed E-state index contributed by atoms with van der Waals surface area (Å²) in [4.78, 5) is 33.1. The zero-order chi connectivity index (χ0) is 49.2. The van der Waals surface area contributed by atoms with Gasteiger partial charge < -0.3 is 38.9 Å². The number of nitro groups is 1. The van der Waals surface area contributed by atoms with E-state index < -0.39 is 28.8 Å². The third-order valence-corrected chi connectivity index (χ3v) is 14.4. The Morgan fingerprint density at radius 3 is 2.22 bits per heavy atom. The van der Waals surface area contributed by atoms with E-state index in [1.165, 1.54) is 62.6 Å². The number of non-ortho nitro benzene ring substituents is 1. The van der Waals surface area contributed by atoms with Crippen LogP contribution in [0.15, 0.2) is 90.1 Å². The van der Waals surface area contributed by atoms with Crippen LogP contribution in [0.25, 0.3) is 0 Å². The second-order valence-electron chi connectivity index (χ2n) is 19.2. The Morgan fingerprint density at radius 2 is 1.55 bits per heavy atom. The van der Waals surface area contributed by atoms with Gasteiger partial charge in [0.25, 0.3) is 5.69 Å². The molecule has 6 atom stereocenters. The van der Waals surface area contributed by atoms with E-state index in [0.29, 0.717) is 42.2 Å². The number of oxime groups is 1. The first-order chi connectivity index (χ1) is 33.5. The number of allylic oxidation sites excluding steroid dienone is 1. The number of ether oxygens (including phenoxy) is 4. The van der Waals surface area contributed by atoms with Crippen molar-refractivity contribution < 1.29 is 43.7 Å². The molecular weight excluding hydrogens is 875 g/mol. The van der Waals surface area contributed by atoms with E-state index in [9.17, 15) is 25.1 Å². The number of rotatable bonds is 29. The van der Waals surface area contributed by atoms with Crippen LogP contribution in [0.3, 0.4) is 0 Å². The van der Waals surface area contributed by atoms with E-state index in [1.807, 2.05) is 24.3 Å². The minimum absolute atomic E-state index is 0.0153. The molecule has 0 spiro atoms. The largest absolute Gasteiger partial charge is 0.459 e. The first-order valence-electron chi connectivity index (χ1n) is 25.6. The number of unbranched alkanes of at least 4 members (excludes halogenated alkanes) is 11. The molecule has 0 radical (unpaired) electrons. The van der Waals surface area contributed by atoms with Crippen LogP contribution in [-0.2, 0) is 20.9 Å². The molecule has 1 saturated carbocycles. The Bertz CT molecular complexity index is 2190. The quantitative estimate of drug-likeness (QED) is 0.0296. The molecule has 69 heavy (non-hydrogen) atoms. The summed E-state index contributed by atoms with van der Waals surface area (Å²) < 4.78 is 27.0. The average Bonchev–Trinajstić information content (AvgIpc) is 3.35. The highest BCUT2D eigenvalue weighted by Gasteiger charge is 2.65. The molecule has 3 aliphatic rings. The minimum atomic E-state index is -1.43. The maximum atomic E-state index is 14.3. The fraction of sp³-hybridized carbons (Fsp3) is 0.571. The molecule has 0 bridgehead atoms. The summed E-state index contributed by atoms with van der Waals surface area (Å²) in [6.07, 6.45) is 19.9. The SMILES string of the molecule is C=CCO[C@@]12Oc3ccc(Oc4ccc(C)c(C)c4)cc3[C@H]3[C@H](CCCCO)[C@@H](CCCCO)C=C(C(=NOCc4ccc([N+](=O)[O-])cc4)C[C@@H]1N(C)C(=O)OCCCCCCCCCCCC)[C@H]32. The number of benzene rings is 3. The smallest absolute Gasteiger partial charge is 0.409 e. The van der Waals surface area contributed by atoms with Crippen molar-refractivity contribution >= 4 is 17.5 Å².